The lowest BCUT2D eigenvalue weighted by Crippen LogP contribution is -2.33. The average molecular weight is 314 g/mol. The van der Waals surface area contributed by atoms with E-state index in [4.69, 9.17) is 5.73 Å². The van der Waals surface area contributed by atoms with Crippen molar-refractivity contribution in [3.8, 4) is 0 Å². The van der Waals surface area contributed by atoms with Crippen LogP contribution < -0.4 is 11.1 Å². The van der Waals surface area contributed by atoms with E-state index in [9.17, 15) is 0 Å². The van der Waals surface area contributed by atoms with Crippen LogP contribution in [0.5, 0.6) is 0 Å². The van der Waals surface area contributed by atoms with Crippen LogP contribution in [0, 0.1) is 5.92 Å². The number of likely N-dealkylation sites (N-methyl/N-ethyl adjacent to an activating group) is 1. The molecule has 0 aromatic heterocycles. The highest BCUT2D eigenvalue weighted by Gasteiger charge is 2.13. The number of nitrogens with one attached hydrogen (secondary N) is 1. The molecule has 0 aliphatic carbocycles. The first-order valence-electron chi connectivity index (χ1n) is 6.34. The molecule has 3 nitrogen and oxygen atoms in total. The van der Waals surface area contributed by atoms with Crippen molar-refractivity contribution in [1.29, 1.82) is 0 Å². The van der Waals surface area contributed by atoms with Crippen LogP contribution in [0.1, 0.15) is 20.3 Å². The zero-order chi connectivity index (χ0) is 13.7. The van der Waals surface area contributed by atoms with Crippen LogP contribution in [0.2, 0.25) is 0 Å². The Hall–Kier alpha value is -0.740. The predicted octanol–water partition coefficient (Wildman–Crippen LogP) is 3.42. The summed E-state index contributed by atoms with van der Waals surface area (Å²) in [7, 11) is 4.19. The van der Waals surface area contributed by atoms with Gasteiger partial charge in [-0.3, -0.25) is 0 Å². The molecule has 0 bridgehead atoms. The van der Waals surface area contributed by atoms with Crippen LogP contribution in [-0.2, 0) is 0 Å². The normalized spacial score (nSPS) is 13.1. The fourth-order valence-corrected chi connectivity index (χ4v) is 2.42. The van der Waals surface area contributed by atoms with Crippen LogP contribution in [0.15, 0.2) is 22.7 Å². The molecule has 0 amide bonds. The number of nitrogens with two attached hydrogens (primary N) is 1. The van der Waals surface area contributed by atoms with Gasteiger partial charge in [0.15, 0.2) is 0 Å². The molecule has 0 aliphatic rings. The second-order valence-corrected chi connectivity index (χ2v) is 6.38. The Morgan fingerprint density at radius 3 is 2.56 bits per heavy atom. The highest BCUT2D eigenvalue weighted by molar-refractivity contribution is 9.10. The van der Waals surface area contributed by atoms with Crippen molar-refractivity contribution in [3.63, 3.8) is 0 Å². The van der Waals surface area contributed by atoms with E-state index in [-0.39, 0.29) is 0 Å². The minimum Gasteiger partial charge on any atom is -0.397 e. The summed E-state index contributed by atoms with van der Waals surface area (Å²) in [6.07, 6.45) is 1.13. The highest BCUT2D eigenvalue weighted by atomic mass is 79.9. The van der Waals surface area contributed by atoms with Gasteiger partial charge in [-0.25, -0.2) is 0 Å². The van der Waals surface area contributed by atoms with Gasteiger partial charge in [-0.1, -0.05) is 29.8 Å². The summed E-state index contributed by atoms with van der Waals surface area (Å²) in [6, 6.07) is 6.34. The molecular formula is C14H24BrN3. The van der Waals surface area contributed by atoms with Gasteiger partial charge in [-0.05, 0) is 44.6 Å². The SMILES string of the molecule is CC(C)CC(CN(C)C)Nc1cc(Br)ccc1N. The van der Waals surface area contributed by atoms with Crippen molar-refractivity contribution in [3.05, 3.63) is 22.7 Å². The van der Waals surface area contributed by atoms with Crippen molar-refractivity contribution < 1.29 is 0 Å². The molecule has 1 rings (SSSR count). The van der Waals surface area contributed by atoms with Gasteiger partial charge >= 0.3 is 0 Å². The maximum Gasteiger partial charge on any atom is 0.0587 e. The Morgan fingerprint density at radius 2 is 2.00 bits per heavy atom. The number of hydrogen-bond acceptors (Lipinski definition) is 3. The lowest BCUT2D eigenvalue weighted by atomic mass is 10.0. The van der Waals surface area contributed by atoms with E-state index in [0.717, 1.165) is 28.8 Å². The number of nitrogen functional groups attached to an aromatic ring is 1. The van der Waals surface area contributed by atoms with Gasteiger partial charge < -0.3 is 16.0 Å². The number of benzene rings is 1. The van der Waals surface area contributed by atoms with Gasteiger partial charge in [0.2, 0.25) is 0 Å². The third kappa shape index (κ3) is 5.27. The van der Waals surface area contributed by atoms with Gasteiger partial charge in [0.1, 0.15) is 0 Å². The first-order chi connectivity index (χ1) is 8.38. The molecule has 0 spiro atoms. The van der Waals surface area contributed by atoms with Gasteiger partial charge in [0.05, 0.1) is 11.4 Å². The molecule has 0 fully saturated rings. The fraction of sp³-hybridized carbons (Fsp3) is 0.571. The molecule has 0 heterocycles. The molecule has 0 radical (unpaired) electrons. The minimum absolute atomic E-state index is 0.414. The summed E-state index contributed by atoms with van der Waals surface area (Å²) in [5, 5.41) is 3.55. The summed E-state index contributed by atoms with van der Waals surface area (Å²) in [4.78, 5) is 2.20. The van der Waals surface area contributed by atoms with E-state index in [2.05, 4.69) is 54.1 Å². The van der Waals surface area contributed by atoms with E-state index >= 15 is 0 Å². The number of hydrogen-bond donors (Lipinski definition) is 2. The third-order valence-corrected chi connectivity index (χ3v) is 3.21. The second kappa shape index (κ2) is 7.00. The highest BCUT2D eigenvalue weighted by Crippen LogP contribution is 2.25. The molecule has 1 unspecified atom stereocenters. The second-order valence-electron chi connectivity index (χ2n) is 5.46. The molecule has 0 saturated carbocycles. The van der Waals surface area contributed by atoms with Crippen LogP contribution in [0.3, 0.4) is 0 Å². The van der Waals surface area contributed by atoms with E-state index in [0.29, 0.717) is 12.0 Å². The molecule has 102 valence electrons. The van der Waals surface area contributed by atoms with E-state index in [1.807, 2.05) is 18.2 Å². The Balaban J connectivity index is 2.77. The molecule has 0 aliphatic heterocycles. The molecule has 18 heavy (non-hydrogen) atoms. The van der Waals surface area contributed by atoms with Crippen LogP contribution >= 0.6 is 15.9 Å². The molecule has 1 atom stereocenters. The fourth-order valence-electron chi connectivity index (χ4n) is 2.06. The largest absolute Gasteiger partial charge is 0.397 e. The average Bonchev–Trinajstić information content (AvgIpc) is 2.21. The van der Waals surface area contributed by atoms with E-state index < -0.39 is 0 Å². The molecule has 0 saturated heterocycles. The van der Waals surface area contributed by atoms with Crippen molar-refractivity contribution in [2.75, 3.05) is 31.7 Å². The maximum absolute atomic E-state index is 6.00. The van der Waals surface area contributed by atoms with Gasteiger partial charge in [0, 0.05) is 17.1 Å². The Morgan fingerprint density at radius 1 is 1.33 bits per heavy atom. The minimum atomic E-state index is 0.414. The predicted molar refractivity (Wildman–Crippen MR) is 84.0 cm³/mol. The van der Waals surface area contributed by atoms with E-state index in [1.54, 1.807) is 0 Å². The van der Waals surface area contributed by atoms with Crippen molar-refractivity contribution in [2.24, 2.45) is 5.92 Å². The summed E-state index contributed by atoms with van der Waals surface area (Å²) >= 11 is 3.48. The molecule has 1 aromatic rings. The topological polar surface area (TPSA) is 41.3 Å². The van der Waals surface area contributed by atoms with Crippen molar-refractivity contribution in [1.82, 2.24) is 4.90 Å². The number of rotatable bonds is 6. The first kappa shape index (κ1) is 15.3. The summed E-state index contributed by atoms with van der Waals surface area (Å²) in [5.74, 6) is 0.663. The first-order valence-corrected chi connectivity index (χ1v) is 7.14. The van der Waals surface area contributed by atoms with Gasteiger partial charge in [-0.2, -0.15) is 0 Å². The number of nitrogens with zero attached hydrogens (tertiary/aromatic N) is 1. The summed E-state index contributed by atoms with van der Waals surface area (Å²) < 4.78 is 1.05. The molecule has 1 aromatic carbocycles. The Kier molecular flexibility index (Phi) is 5.96. The maximum atomic E-state index is 6.00. The lowest BCUT2D eigenvalue weighted by Gasteiger charge is -2.25. The van der Waals surface area contributed by atoms with Crippen LogP contribution in [-0.4, -0.2) is 31.6 Å². The number of halogens is 1. The monoisotopic (exact) mass is 313 g/mol. The zero-order valence-corrected chi connectivity index (χ0v) is 13.3. The summed E-state index contributed by atoms with van der Waals surface area (Å²) in [6.45, 7) is 5.49. The molecule has 3 N–H and O–H groups in total. The van der Waals surface area contributed by atoms with Crippen LogP contribution in [0.4, 0.5) is 11.4 Å². The van der Waals surface area contributed by atoms with Gasteiger partial charge in [-0.15, -0.1) is 0 Å². The zero-order valence-electron chi connectivity index (χ0n) is 11.7. The Labute approximate surface area is 119 Å². The van der Waals surface area contributed by atoms with Crippen molar-refractivity contribution >= 4 is 27.3 Å². The third-order valence-electron chi connectivity index (χ3n) is 2.72. The quantitative estimate of drug-likeness (QED) is 0.791. The Bertz CT molecular complexity index is 367. The summed E-state index contributed by atoms with van der Waals surface area (Å²) in [5.41, 5.74) is 7.81. The van der Waals surface area contributed by atoms with Gasteiger partial charge in [0.25, 0.3) is 0 Å². The van der Waals surface area contributed by atoms with Crippen molar-refractivity contribution in [2.45, 2.75) is 26.3 Å². The molecular weight excluding hydrogens is 290 g/mol. The number of anilines is 2. The molecule has 4 heteroatoms. The standard InChI is InChI=1S/C14H24BrN3/c1-10(2)7-12(9-18(3)4)17-14-8-11(15)5-6-13(14)16/h5-6,8,10,12,17H,7,9,16H2,1-4H3. The smallest absolute Gasteiger partial charge is 0.0587 e. The van der Waals surface area contributed by atoms with E-state index in [1.165, 1.54) is 0 Å². The lowest BCUT2D eigenvalue weighted by molar-refractivity contribution is 0.356. The van der Waals surface area contributed by atoms with Crippen LogP contribution in [0.25, 0.3) is 0 Å².